The number of carbonyl (C=O) groups excluding carboxylic acids is 1. The first kappa shape index (κ1) is 37.4. The van der Waals surface area contributed by atoms with E-state index in [1.54, 1.807) is 0 Å². The first-order valence-corrected chi connectivity index (χ1v) is 18.4. The summed E-state index contributed by atoms with van der Waals surface area (Å²) < 4.78 is 43.3. The molecule has 2 aliphatic rings. The summed E-state index contributed by atoms with van der Waals surface area (Å²) in [5.41, 5.74) is 6.89. The maximum atomic E-state index is 11.9. The average Bonchev–Trinajstić information content (AvgIpc) is 3.45. The summed E-state index contributed by atoms with van der Waals surface area (Å²) in [6.07, 6.45) is 1.62. The Labute approximate surface area is 308 Å². The number of benzene rings is 4. The van der Waals surface area contributed by atoms with Crippen LogP contribution in [-0.2, 0) is 43.4 Å². The molecule has 0 fully saturated rings. The lowest BCUT2D eigenvalue weighted by atomic mass is 9.79. The molecule has 0 spiro atoms. The van der Waals surface area contributed by atoms with Crippen LogP contribution in [0.1, 0.15) is 78.5 Å². The van der Waals surface area contributed by atoms with Gasteiger partial charge in [0.2, 0.25) is 0 Å². The van der Waals surface area contributed by atoms with Crippen LogP contribution in [0.4, 0.5) is 0 Å². The zero-order valence-electron chi connectivity index (χ0n) is 31.2. The number of esters is 1. The van der Waals surface area contributed by atoms with E-state index >= 15 is 0 Å². The largest absolute Gasteiger partial charge is 0.490 e. The third kappa shape index (κ3) is 9.34. The molecule has 0 saturated carbocycles. The number of aryl methyl sites for hydroxylation is 1. The highest BCUT2D eigenvalue weighted by Crippen LogP contribution is 2.55. The molecule has 0 bridgehead atoms. The quantitative estimate of drug-likeness (QED) is 0.0799. The van der Waals surface area contributed by atoms with Gasteiger partial charge < -0.3 is 33.2 Å². The molecule has 6 rings (SSSR count). The SMILES string of the molecule is Cc1ccc2c(c1C)OCC1(OCCOCCOCCCC(=O)OC(C)(C)C)Cc3cc(OCc4ccccc4)c(OCc4ccccc4)cc3C21. The van der Waals surface area contributed by atoms with Crippen LogP contribution in [-0.4, -0.2) is 56.8 Å². The van der Waals surface area contributed by atoms with E-state index in [9.17, 15) is 4.79 Å². The van der Waals surface area contributed by atoms with Gasteiger partial charge in [0.15, 0.2) is 11.5 Å². The fraction of sp³-hybridized carbons (Fsp3) is 0.432. The Kier molecular flexibility index (Phi) is 12.2. The van der Waals surface area contributed by atoms with Crippen molar-refractivity contribution in [2.24, 2.45) is 0 Å². The van der Waals surface area contributed by atoms with E-state index in [0.29, 0.717) is 83.6 Å². The monoisotopic (exact) mass is 708 g/mol. The van der Waals surface area contributed by atoms with Gasteiger partial charge in [0.25, 0.3) is 0 Å². The molecule has 8 nitrogen and oxygen atoms in total. The minimum Gasteiger partial charge on any atom is -0.490 e. The van der Waals surface area contributed by atoms with Gasteiger partial charge >= 0.3 is 5.97 Å². The number of hydrogen-bond acceptors (Lipinski definition) is 8. The van der Waals surface area contributed by atoms with Crippen LogP contribution in [0, 0.1) is 13.8 Å². The van der Waals surface area contributed by atoms with Crippen molar-refractivity contribution in [3.8, 4) is 17.2 Å². The van der Waals surface area contributed by atoms with Crippen LogP contribution in [0.15, 0.2) is 84.9 Å². The Bertz CT molecular complexity index is 1780. The van der Waals surface area contributed by atoms with Crippen molar-refractivity contribution < 1.29 is 38.0 Å². The smallest absolute Gasteiger partial charge is 0.306 e. The van der Waals surface area contributed by atoms with E-state index in [1.807, 2.05) is 57.2 Å². The van der Waals surface area contributed by atoms with E-state index in [1.165, 1.54) is 11.1 Å². The van der Waals surface area contributed by atoms with Crippen molar-refractivity contribution >= 4 is 5.97 Å². The molecule has 2 unspecified atom stereocenters. The second-order valence-corrected chi connectivity index (χ2v) is 14.7. The summed E-state index contributed by atoms with van der Waals surface area (Å²) in [7, 11) is 0. The van der Waals surface area contributed by atoms with Gasteiger partial charge in [-0.25, -0.2) is 0 Å². The molecule has 0 N–H and O–H groups in total. The van der Waals surface area contributed by atoms with E-state index in [-0.39, 0.29) is 11.9 Å². The fourth-order valence-corrected chi connectivity index (χ4v) is 6.97. The average molecular weight is 709 g/mol. The predicted octanol–water partition coefficient (Wildman–Crippen LogP) is 8.45. The molecular formula is C44H52O8. The van der Waals surface area contributed by atoms with Crippen molar-refractivity contribution in [3.05, 3.63) is 124 Å². The number of ether oxygens (including phenoxy) is 7. The first-order chi connectivity index (χ1) is 25.1. The minimum absolute atomic E-state index is 0.0545. The normalized spacial score (nSPS) is 17.4. The van der Waals surface area contributed by atoms with Crippen molar-refractivity contribution in [1.82, 2.24) is 0 Å². The third-order valence-corrected chi connectivity index (χ3v) is 9.56. The second-order valence-electron chi connectivity index (χ2n) is 14.7. The Morgan fingerprint density at radius 2 is 1.38 bits per heavy atom. The molecule has 0 amide bonds. The summed E-state index contributed by atoms with van der Waals surface area (Å²) in [6.45, 7) is 13.3. The van der Waals surface area contributed by atoms with E-state index < -0.39 is 11.2 Å². The highest BCUT2D eigenvalue weighted by molar-refractivity contribution is 5.69. The van der Waals surface area contributed by atoms with Gasteiger partial charge in [0, 0.05) is 30.9 Å². The van der Waals surface area contributed by atoms with Gasteiger partial charge in [-0.15, -0.1) is 0 Å². The molecule has 1 aliphatic heterocycles. The van der Waals surface area contributed by atoms with Crippen molar-refractivity contribution in [3.63, 3.8) is 0 Å². The van der Waals surface area contributed by atoms with Gasteiger partial charge in [0.1, 0.15) is 36.8 Å². The standard InChI is InChI=1S/C44H52O8/c1-31-18-19-36-41-37-26-39(49-29-34-15-10-7-11-16-34)38(48-28-33-13-8-6-9-14-33)25-35(37)27-44(41,30-50-42(36)32(31)2)51-24-23-47-22-21-46-20-12-17-40(45)52-43(3,4)5/h6-11,13-16,18-19,25-26,41H,12,17,20-24,27-30H2,1-5H3. The Hall–Kier alpha value is -4.37. The van der Waals surface area contributed by atoms with Gasteiger partial charge in [0.05, 0.1) is 26.4 Å². The summed E-state index contributed by atoms with van der Waals surface area (Å²) in [5, 5.41) is 0. The lowest BCUT2D eigenvalue weighted by Crippen LogP contribution is -2.47. The van der Waals surface area contributed by atoms with Crippen LogP contribution in [0.3, 0.4) is 0 Å². The van der Waals surface area contributed by atoms with E-state index in [0.717, 1.165) is 33.6 Å². The van der Waals surface area contributed by atoms with Gasteiger partial charge in [-0.05, 0) is 86.6 Å². The van der Waals surface area contributed by atoms with Gasteiger partial charge in [-0.3, -0.25) is 4.79 Å². The molecular weight excluding hydrogens is 656 g/mol. The molecule has 0 saturated heterocycles. The Balaban J connectivity index is 1.15. The van der Waals surface area contributed by atoms with Crippen molar-refractivity contribution in [2.45, 2.75) is 84.2 Å². The summed E-state index contributed by atoms with van der Waals surface area (Å²) in [4.78, 5) is 11.9. The molecule has 0 aromatic heterocycles. The van der Waals surface area contributed by atoms with E-state index in [4.69, 9.17) is 33.2 Å². The zero-order chi connectivity index (χ0) is 36.6. The van der Waals surface area contributed by atoms with Gasteiger partial charge in [-0.1, -0.05) is 72.8 Å². The van der Waals surface area contributed by atoms with Crippen molar-refractivity contribution in [2.75, 3.05) is 39.6 Å². The molecule has 1 heterocycles. The minimum atomic E-state index is -0.618. The third-order valence-electron chi connectivity index (χ3n) is 9.56. The van der Waals surface area contributed by atoms with Crippen LogP contribution in [0.5, 0.6) is 17.2 Å². The Morgan fingerprint density at radius 3 is 2.04 bits per heavy atom. The lowest BCUT2D eigenvalue weighted by molar-refractivity contribution is -0.155. The Morgan fingerprint density at radius 1 is 0.769 bits per heavy atom. The number of rotatable bonds is 17. The summed E-state index contributed by atoms with van der Waals surface area (Å²) in [6, 6.07) is 29.0. The zero-order valence-corrected chi connectivity index (χ0v) is 31.2. The molecule has 1 aliphatic carbocycles. The summed E-state index contributed by atoms with van der Waals surface area (Å²) >= 11 is 0. The molecule has 4 aromatic carbocycles. The molecule has 276 valence electrons. The topological polar surface area (TPSA) is 81.7 Å². The molecule has 4 aromatic rings. The highest BCUT2D eigenvalue weighted by atomic mass is 16.6. The maximum Gasteiger partial charge on any atom is 0.306 e. The second kappa shape index (κ2) is 17.0. The molecule has 2 atom stereocenters. The van der Waals surface area contributed by atoms with Crippen LogP contribution in [0.2, 0.25) is 0 Å². The van der Waals surface area contributed by atoms with Crippen LogP contribution >= 0.6 is 0 Å². The molecule has 52 heavy (non-hydrogen) atoms. The lowest BCUT2D eigenvalue weighted by Gasteiger charge is -2.41. The fourth-order valence-electron chi connectivity index (χ4n) is 6.97. The van der Waals surface area contributed by atoms with Crippen LogP contribution < -0.4 is 14.2 Å². The first-order valence-electron chi connectivity index (χ1n) is 18.4. The molecule has 8 heteroatoms. The van der Waals surface area contributed by atoms with Crippen LogP contribution in [0.25, 0.3) is 0 Å². The maximum absolute atomic E-state index is 11.9. The number of hydrogen-bond donors (Lipinski definition) is 0. The van der Waals surface area contributed by atoms with Gasteiger partial charge in [-0.2, -0.15) is 0 Å². The van der Waals surface area contributed by atoms with Crippen molar-refractivity contribution in [1.29, 1.82) is 0 Å². The van der Waals surface area contributed by atoms with E-state index in [2.05, 4.69) is 62.4 Å². The highest BCUT2D eigenvalue weighted by Gasteiger charge is 2.53. The predicted molar refractivity (Wildman–Crippen MR) is 200 cm³/mol. The summed E-state index contributed by atoms with van der Waals surface area (Å²) in [5.74, 6) is 2.10. The number of carbonyl (C=O) groups is 1. The molecule has 0 radical (unpaired) electrons. The number of fused-ring (bicyclic) bond motifs is 5.